The summed E-state index contributed by atoms with van der Waals surface area (Å²) in [5.41, 5.74) is 1.70. The summed E-state index contributed by atoms with van der Waals surface area (Å²) in [4.78, 5) is 15.3. The van der Waals surface area contributed by atoms with Crippen molar-refractivity contribution in [1.29, 1.82) is 0 Å². The third kappa shape index (κ3) is 1.89. The predicted molar refractivity (Wildman–Crippen MR) is 59.2 cm³/mol. The summed E-state index contributed by atoms with van der Waals surface area (Å²) in [6, 6.07) is 6.90. The van der Waals surface area contributed by atoms with Gasteiger partial charge < -0.3 is 5.11 Å². The van der Waals surface area contributed by atoms with E-state index >= 15 is 0 Å². The summed E-state index contributed by atoms with van der Waals surface area (Å²) in [6.07, 6.45) is 0. The second-order valence-corrected chi connectivity index (χ2v) is 4.16. The molecule has 1 N–H and O–H groups in total. The zero-order valence-corrected chi connectivity index (χ0v) is 8.91. The van der Waals surface area contributed by atoms with Gasteiger partial charge in [-0.15, -0.1) is 11.3 Å². The molecule has 0 radical (unpaired) electrons. The van der Waals surface area contributed by atoms with Crippen molar-refractivity contribution in [1.82, 2.24) is 4.98 Å². The van der Waals surface area contributed by atoms with Crippen LogP contribution < -0.4 is 0 Å². The molecule has 0 spiro atoms. The highest BCUT2D eigenvalue weighted by atomic mass is 32.1. The normalized spacial score (nSPS) is 10.2. The zero-order valence-electron chi connectivity index (χ0n) is 8.10. The van der Waals surface area contributed by atoms with Crippen molar-refractivity contribution in [2.24, 2.45) is 0 Å². The Balaban J connectivity index is 2.57. The molecule has 0 saturated carbocycles. The Bertz CT molecular complexity index is 505. The molecule has 2 rings (SSSR count). The fraction of sp³-hybridized carbons (Fsp3) is 0.0909. The number of aromatic carboxylic acids is 1. The van der Waals surface area contributed by atoms with Crippen LogP contribution in [0.5, 0.6) is 0 Å². The van der Waals surface area contributed by atoms with Crippen LogP contribution in [0.4, 0.5) is 0 Å². The molecule has 0 atom stereocenters. The van der Waals surface area contributed by atoms with E-state index in [0.29, 0.717) is 11.1 Å². The molecule has 0 amide bonds. The fourth-order valence-corrected chi connectivity index (χ4v) is 1.99. The molecule has 0 aliphatic carbocycles. The van der Waals surface area contributed by atoms with Crippen molar-refractivity contribution in [2.75, 3.05) is 0 Å². The van der Waals surface area contributed by atoms with E-state index in [9.17, 15) is 4.79 Å². The summed E-state index contributed by atoms with van der Waals surface area (Å²) < 4.78 is 0. The first-order chi connectivity index (χ1) is 7.18. The van der Waals surface area contributed by atoms with E-state index in [2.05, 4.69) is 4.98 Å². The van der Waals surface area contributed by atoms with Gasteiger partial charge in [0.05, 0.1) is 16.3 Å². The number of benzene rings is 1. The highest BCUT2D eigenvalue weighted by Crippen LogP contribution is 2.24. The van der Waals surface area contributed by atoms with E-state index in [1.807, 2.05) is 18.4 Å². The molecule has 1 heterocycles. The van der Waals surface area contributed by atoms with E-state index in [1.54, 1.807) is 18.2 Å². The molecule has 0 bridgehead atoms. The van der Waals surface area contributed by atoms with E-state index in [-0.39, 0.29) is 0 Å². The molecule has 1 aromatic carbocycles. The molecule has 15 heavy (non-hydrogen) atoms. The summed E-state index contributed by atoms with van der Waals surface area (Å²) >= 11 is 1.52. The summed E-state index contributed by atoms with van der Waals surface area (Å²) in [6.45, 7) is 1.90. The van der Waals surface area contributed by atoms with Gasteiger partial charge >= 0.3 is 5.97 Å². The number of carboxylic acid groups (broad SMARTS) is 1. The van der Waals surface area contributed by atoms with Gasteiger partial charge in [0.1, 0.15) is 0 Å². The smallest absolute Gasteiger partial charge is 0.336 e. The Hall–Kier alpha value is -1.68. The molecule has 0 unspecified atom stereocenters. The van der Waals surface area contributed by atoms with Gasteiger partial charge in [-0.3, -0.25) is 0 Å². The minimum absolute atomic E-state index is 0.294. The number of thiazole rings is 1. The summed E-state index contributed by atoms with van der Waals surface area (Å²) in [7, 11) is 0. The number of aromatic nitrogens is 1. The topological polar surface area (TPSA) is 50.2 Å². The first-order valence-electron chi connectivity index (χ1n) is 4.43. The van der Waals surface area contributed by atoms with Gasteiger partial charge in [-0.2, -0.15) is 0 Å². The van der Waals surface area contributed by atoms with Crippen LogP contribution in [0.15, 0.2) is 29.6 Å². The second kappa shape index (κ2) is 3.82. The van der Waals surface area contributed by atoms with Crippen molar-refractivity contribution < 1.29 is 9.90 Å². The molecular weight excluding hydrogens is 210 g/mol. The lowest BCUT2D eigenvalue weighted by molar-refractivity contribution is 0.0697. The van der Waals surface area contributed by atoms with E-state index < -0.39 is 5.97 Å². The van der Waals surface area contributed by atoms with Crippen molar-refractivity contribution >= 4 is 17.3 Å². The molecule has 0 aliphatic rings. The highest BCUT2D eigenvalue weighted by molar-refractivity contribution is 7.09. The lowest BCUT2D eigenvalue weighted by Gasteiger charge is -2.01. The number of nitrogens with zero attached hydrogens (tertiary/aromatic N) is 1. The number of carboxylic acids is 1. The molecule has 0 aliphatic heterocycles. The number of carbonyl (C=O) groups is 1. The van der Waals surface area contributed by atoms with Crippen molar-refractivity contribution in [3.05, 3.63) is 40.2 Å². The van der Waals surface area contributed by atoms with Crippen molar-refractivity contribution in [2.45, 2.75) is 6.92 Å². The third-order valence-corrected chi connectivity index (χ3v) is 2.83. The van der Waals surface area contributed by atoms with Crippen LogP contribution in [0.1, 0.15) is 15.4 Å². The molecular formula is C11H9NO2S. The summed E-state index contributed by atoms with van der Waals surface area (Å²) in [5, 5.41) is 11.8. The SMILES string of the molecule is Cc1nc(-c2ccccc2C(=O)O)cs1. The van der Waals surface area contributed by atoms with Gasteiger partial charge in [0.2, 0.25) is 0 Å². The van der Waals surface area contributed by atoms with Gasteiger partial charge in [-0.1, -0.05) is 18.2 Å². The quantitative estimate of drug-likeness (QED) is 0.844. The van der Waals surface area contributed by atoms with Crippen molar-refractivity contribution in [3.63, 3.8) is 0 Å². The lowest BCUT2D eigenvalue weighted by Crippen LogP contribution is -1.98. The van der Waals surface area contributed by atoms with E-state index in [1.165, 1.54) is 11.3 Å². The van der Waals surface area contributed by atoms with Crippen LogP contribution in [0.2, 0.25) is 0 Å². The van der Waals surface area contributed by atoms with Gasteiger partial charge in [0.25, 0.3) is 0 Å². The Labute approximate surface area is 91.0 Å². The number of hydrogen-bond donors (Lipinski definition) is 1. The minimum atomic E-state index is -0.920. The van der Waals surface area contributed by atoms with Gasteiger partial charge in [0, 0.05) is 10.9 Å². The average molecular weight is 219 g/mol. The maximum absolute atomic E-state index is 11.0. The number of aryl methyl sites for hydroxylation is 1. The van der Waals surface area contributed by atoms with Crippen LogP contribution in [0, 0.1) is 6.92 Å². The Morgan fingerprint density at radius 3 is 2.73 bits per heavy atom. The summed E-state index contributed by atoms with van der Waals surface area (Å²) in [5.74, 6) is -0.920. The van der Waals surface area contributed by atoms with Crippen LogP contribution in [-0.4, -0.2) is 16.1 Å². The first kappa shape index (κ1) is 9.86. The maximum Gasteiger partial charge on any atom is 0.336 e. The van der Waals surface area contributed by atoms with E-state index in [4.69, 9.17) is 5.11 Å². The van der Waals surface area contributed by atoms with Crippen molar-refractivity contribution in [3.8, 4) is 11.3 Å². The lowest BCUT2D eigenvalue weighted by atomic mass is 10.1. The molecule has 76 valence electrons. The van der Waals surface area contributed by atoms with Crippen LogP contribution in [0.25, 0.3) is 11.3 Å². The van der Waals surface area contributed by atoms with Gasteiger partial charge in [0.15, 0.2) is 0 Å². The predicted octanol–water partition coefficient (Wildman–Crippen LogP) is 2.82. The minimum Gasteiger partial charge on any atom is -0.478 e. The fourth-order valence-electron chi connectivity index (χ4n) is 1.38. The standard InChI is InChI=1S/C11H9NO2S/c1-7-12-10(6-15-7)8-4-2-3-5-9(8)11(13)14/h2-6H,1H3,(H,13,14). The van der Waals surface area contributed by atoms with Gasteiger partial charge in [-0.25, -0.2) is 9.78 Å². The molecule has 1 aromatic heterocycles. The Morgan fingerprint density at radius 1 is 1.40 bits per heavy atom. The maximum atomic E-state index is 11.0. The number of rotatable bonds is 2. The van der Waals surface area contributed by atoms with Crippen LogP contribution in [0.3, 0.4) is 0 Å². The molecule has 0 fully saturated rings. The largest absolute Gasteiger partial charge is 0.478 e. The first-order valence-corrected chi connectivity index (χ1v) is 5.31. The molecule has 2 aromatic rings. The molecule has 3 nitrogen and oxygen atoms in total. The molecule has 4 heteroatoms. The van der Waals surface area contributed by atoms with Crippen LogP contribution >= 0.6 is 11.3 Å². The van der Waals surface area contributed by atoms with Crippen LogP contribution in [-0.2, 0) is 0 Å². The number of hydrogen-bond acceptors (Lipinski definition) is 3. The monoisotopic (exact) mass is 219 g/mol. The Kier molecular flexibility index (Phi) is 2.51. The Morgan fingerprint density at radius 2 is 2.13 bits per heavy atom. The average Bonchev–Trinajstić information content (AvgIpc) is 2.65. The third-order valence-electron chi connectivity index (χ3n) is 2.05. The molecule has 0 saturated heterocycles. The van der Waals surface area contributed by atoms with E-state index in [0.717, 1.165) is 10.7 Å². The highest BCUT2D eigenvalue weighted by Gasteiger charge is 2.12. The van der Waals surface area contributed by atoms with Gasteiger partial charge in [-0.05, 0) is 13.0 Å². The second-order valence-electron chi connectivity index (χ2n) is 3.10. The zero-order chi connectivity index (χ0) is 10.8.